The molecule has 6 heteroatoms. The quantitative estimate of drug-likeness (QED) is 0.352. The Bertz CT molecular complexity index is 428. The van der Waals surface area contributed by atoms with Crippen LogP contribution in [0.3, 0.4) is 0 Å². The van der Waals surface area contributed by atoms with E-state index < -0.39 is 30.0 Å². The molecule has 0 aromatic rings. The molecular weight excluding hydrogens is 334 g/mol. The number of carbonyl (C=O) groups is 3. The first-order chi connectivity index (χ1) is 12.2. The van der Waals surface area contributed by atoms with Crippen molar-refractivity contribution in [1.82, 2.24) is 5.32 Å². The van der Waals surface area contributed by atoms with Gasteiger partial charge >= 0.3 is 11.9 Å². The van der Waals surface area contributed by atoms with Crippen molar-refractivity contribution in [2.45, 2.75) is 110 Å². The van der Waals surface area contributed by atoms with Crippen LogP contribution in [0.2, 0.25) is 0 Å². The van der Waals surface area contributed by atoms with Crippen molar-refractivity contribution in [2.24, 2.45) is 0 Å². The number of esters is 1. The summed E-state index contributed by atoms with van der Waals surface area (Å²) in [5.74, 6) is -2.16. The van der Waals surface area contributed by atoms with E-state index in [1.54, 1.807) is 20.8 Å². The minimum atomic E-state index is -1.15. The van der Waals surface area contributed by atoms with E-state index in [-0.39, 0.29) is 5.91 Å². The van der Waals surface area contributed by atoms with Gasteiger partial charge in [0.15, 0.2) is 0 Å². The Hall–Kier alpha value is -1.59. The summed E-state index contributed by atoms with van der Waals surface area (Å²) in [6.45, 7) is 7.31. The van der Waals surface area contributed by atoms with E-state index >= 15 is 0 Å². The number of ether oxygens (including phenoxy) is 1. The highest BCUT2D eigenvalue weighted by atomic mass is 16.6. The number of amides is 1. The number of carbonyl (C=O) groups excluding carboxylic acids is 2. The van der Waals surface area contributed by atoms with Crippen LogP contribution in [0.4, 0.5) is 0 Å². The average molecular weight is 372 g/mol. The van der Waals surface area contributed by atoms with E-state index in [0.29, 0.717) is 6.42 Å². The van der Waals surface area contributed by atoms with Gasteiger partial charge in [0.1, 0.15) is 11.6 Å². The van der Waals surface area contributed by atoms with Crippen molar-refractivity contribution in [2.75, 3.05) is 0 Å². The zero-order chi connectivity index (χ0) is 20.0. The van der Waals surface area contributed by atoms with Crippen LogP contribution in [0.15, 0.2) is 0 Å². The van der Waals surface area contributed by atoms with Gasteiger partial charge in [-0.25, -0.2) is 4.79 Å². The molecule has 0 aromatic heterocycles. The zero-order valence-electron chi connectivity index (χ0n) is 16.9. The molecular formula is C20H37NO5. The second-order valence-electron chi connectivity index (χ2n) is 7.83. The lowest BCUT2D eigenvalue weighted by Crippen LogP contribution is -2.45. The van der Waals surface area contributed by atoms with Gasteiger partial charge in [-0.2, -0.15) is 0 Å². The fourth-order valence-corrected chi connectivity index (χ4v) is 2.60. The van der Waals surface area contributed by atoms with Gasteiger partial charge in [-0.15, -0.1) is 0 Å². The Morgan fingerprint density at radius 1 is 0.923 bits per heavy atom. The summed E-state index contributed by atoms with van der Waals surface area (Å²) >= 11 is 0. The molecule has 6 nitrogen and oxygen atoms in total. The molecule has 152 valence electrons. The lowest BCUT2D eigenvalue weighted by Gasteiger charge is -2.23. The molecule has 1 atom stereocenters. The van der Waals surface area contributed by atoms with Crippen LogP contribution >= 0.6 is 0 Å². The van der Waals surface area contributed by atoms with Gasteiger partial charge in [0, 0.05) is 6.42 Å². The lowest BCUT2D eigenvalue weighted by atomic mass is 10.1. The third kappa shape index (κ3) is 14.7. The molecule has 0 saturated heterocycles. The van der Waals surface area contributed by atoms with E-state index in [1.807, 2.05) is 0 Å². The number of carboxylic acids is 1. The maximum absolute atomic E-state index is 12.1. The normalized spacial score (nSPS) is 12.5. The van der Waals surface area contributed by atoms with Gasteiger partial charge in [0.05, 0.1) is 6.42 Å². The predicted octanol–water partition coefficient (Wildman–Crippen LogP) is 4.21. The van der Waals surface area contributed by atoms with Crippen LogP contribution in [0.1, 0.15) is 98.3 Å². The molecule has 0 heterocycles. The van der Waals surface area contributed by atoms with Gasteiger partial charge in [0.2, 0.25) is 5.91 Å². The van der Waals surface area contributed by atoms with E-state index in [2.05, 4.69) is 12.2 Å². The van der Waals surface area contributed by atoms with Gasteiger partial charge < -0.3 is 15.2 Å². The largest absolute Gasteiger partial charge is 0.481 e. The molecule has 0 unspecified atom stereocenters. The number of hydrogen-bond donors (Lipinski definition) is 2. The van der Waals surface area contributed by atoms with Gasteiger partial charge in [-0.3, -0.25) is 9.59 Å². The second kappa shape index (κ2) is 13.6. The standard InChI is InChI=1S/C20H37NO5/c1-5-6-7-8-9-10-11-12-13-14-17(22)21-16(15-18(23)24)19(25)26-20(2,3)4/h16H,5-15H2,1-4H3,(H,21,22)(H,23,24)/t16-/m0/s1. The fraction of sp³-hybridized carbons (Fsp3) is 0.850. The molecule has 26 heavy (non-hydrogen) atoms. The monoisotopic (exact) mass is 371 g/mol. The number of carboxylic acid groups (broad SMARTS) is 1. The molecule has 0 aliphatic carbocycles. The lowest BCUT2D eigenvalue weighted by molar-refractivity contribution is -0.161. The second-order valence-corrected chi connectivity index (χ2v) is 7.83. The molecule has 1 amide bonds. The van der Waals surface area contributed by atoms with Crippen LogP contribution in [0.25, 0.3) is 0 Å². The zero-order valence-corrected chi connectivity index (χ0v) is 16.9. The molecule has 0 fully saturated rings. The highest BCUT2D eigenvalue weighted by molar-refractivity contribution is 5.87. The van der Waals surface area contributed by atoms with Crippen molar-refractivity contribution in [3.05, 3.63) is 0 Å². The number of rotatable bonds is 14. The molecule has 0 radical (unpaired) electrons. The summed E-state index contributed by atoms with van der Waals surface area (Å²) in [5.41, 5.74) is -0.726. The number of hydrogen-bond acceptors (Lipinski definition) is 4. The van der Waals surface area contributed by atoms with Crippen molar-refractivity contribution in [3.8, 4) is 0 Å². The van der Waals surface area contributed by atoms with E-state index in [9.17, 15) is 14.4 Å². The summed E-state index contributed by atoms with van der Waals surface area (Å²) in [6, 6.07) is -1.14. The third-order valence-corrected chi connectivity index (χ3v) is 3.91. The average Bonchev–Trinajstić information content (AvgIpc) is 2.50. The van der Waals surface area contributed by atoms with Crippen LogP contribution in [-0.2, 0) is 19.1 Å². The smallest absolute Gasteiger partial charge is 0.329 e. The Balaban J connectivity index is 4.06. The minimum absolute atomic E-state index is 0.300. The van der Waals surface area contributed by atoms with Crippen LogP contribution in [0.5, 0.6) is 0 Å². The predicted molar refractivity (Wildman–Crippen MR) is 102 cm³/mol. The third-order valence-electron chi connectivity index (χ3n) is 3.91. The van der Waals surface area contributed by atoms with E-state index in [0.717, 1.165) is 19.3 Å². The SMILES string of the molecule is CCCCCCCCCCCC(=O)N[C@@H](CC(=O)O)C(=O)OC(C)(C)C. The van der Waals surface area contributed by atoms with Crippen LogP contribution in [0, 0.1) is 0 Å². The molecule has 2 N–H and O–H groups in total. The summed E-state index contributed by atoms with van der Waals surface area (Å²) in [6.07, 6.45) is 10.2. The Morgan fingerprint density at radius 3 is 1.88 bits per heavy atom. The maximum Gasteiger partial charge on any atom is 0.329 e. The topological polar surface area (TPSA) is 92.7 Å². The van der Waals surface area contributed by atoms with Crippen molar-refractivity contribution >= 4 is 17.8 Å². The summed E-state index contributed by atoms with van der Waals surface area (Å²) in [5, 5.41) is 11.4. The van der Waals surface area contributed by atoms with Gasteiger partial charge in [-0.1, -0.05) is 58.3 Å². The molecule has 0 aromatic carbocycles. The van der Waals surface area contributed by atoms with E-state index in [4.69, 9.17) is 9.84 Å². The van der Waals surface area contributed by atoms with Gasteiger partial charge in [-0.05, 0) is 27.2 Å². The number of nitrogens with one attached hydrogen (secondary N) is 1. The first-order valence-electron chi connectivity index (χ1n) is 9.89. The van der Waals surface area contributed by atoms with Crippen molar-refractivity contribution in [1.29, 1.82) is 0 Å². The molecule has 0 spiro atoms. The molecule has 0 saturated carbocycles. The summed E-state index contributed by atoms with van der Waals surface area (Å²) in [7, 11) is 0. The van der Waals surface area contributed by atoms with E-state index in [1.165, 1.54) is 38.5 Å². The molecule has 0 rings (SSSR count). The van der Waals surface area contributed by atoms with Gasteiger partial charge in [0.25, 0.3) is 0 Å². The van der Waals surface area contributed by atoms with Crippen molar-refractivity contribution in [3.63, 3.8) is 0 Å². The van der Waals surface area contributed by atoms with Crippen molar-refractivity contribution < 1.29 is 24.2 Å². The summed E-state index contributed by atoms with van der Waals surface area (Å²) < 4.78 is 5.18. The molecule has 0 aliphatic rings. The van der Waals surface area contributed by atoms with Crippen LogP contribution in [-0.4, -0.2) is 34.6 Å². The number of unbranched alkanes of at least 4 members (excludes halogenated alkanes) is 8. The molecule has 0 aliphatic heterocycles. The first-order valence-corrected chi connectivity index (χ1v) is 9.89. The minimum Gasteiger partial charge on any atom is -0.481 e. The Kier molecular flexibility index (Phi) is 12.8. The van der Waals surface area contributed by atoms with Crippen LogP contribution < -0.4 is 5.32 Å². The fourth-order valence-electron chi connectivity index (χ4n) is 2.60. The highest BCUT2D eigenvalue weighted by Crippen LogP contribution is 2.12. The maximum atomic E-state index is 12.1. The summed E-state index contributed by atoms with van der Waals surface area (Å²) in [4.78, 5) is 35.0. The highest BCUT2D eigenvalue weighted by Gasteiger charge is 2.28. The molecule has 0 bridgehead atoms. The Morgan fingerprint density at radius 2 is 1.42 bits per heavy atom. The number of aliphatic carboxylic acids is 1. The first kappa shape index (κ1) is 24.4. The Labute approximate surface area is 158 Å².